The Kier molecular flexibility index (Phi) is 3.44. The molecule has 0 unspecified atom stereocenters. The van der Waals surface area contributed by atoms with Crippen molar-refractivity contribution < 1.29 is 13.9 Å². The minimum Gasteiger partial charge on any atom is -0.495 e. The standard InChI is InChI=1S/C15H10ClFO2S/c1-19-13-7-14-8(4-11(13)16)5-12(18)10-3-2-9(17)6-15(10)20-14/h2-3,5-7H,4H2,1H3. The molecule has 3 rings (SSSR count). The molecule has 0 amide bonds. The Hall–Kier alpha value is -1.52. The third-order valence-electron chi connectivity index (χ3n) is 3.15. The van der Waals surface area contributed by atoms with Crippen molar-refractivity contribution in [2.45, 2.75) is 11.3 Å². The van der Waals surface area contributed by atoms with Gasteiger partial charge in [0.15, 0.2) is 5.78 Å². The summed E-state index contributed by atoms with van der Waals surface area (Å²) in [5.74, 6) is 0.0966. The number of carbonyl (C=O) groups excluding carboxylic acids is 1. The third-order valence-corrected chi connectivity index (χ3v) is 4.62. The first-order valence-corrected chi connectivity index (χ1v) is 7.15. The molecule has 0 saturated heterocycles. The smallest absolute Gasteiger partial charge is 0.187 e. The van der Waals surface area contributed by atoms with Crippen LogP contribution in [0.5, 0.6) is 0 Å². The monoisotopic (exact) mass is 308 g/mol. The van der Waals surface area contributed by atoms with Crippen molar-refractivity contribution >= 4 is 29.1 Å². The Labute approximate surface area is 125 Å². The molecule has 0 spiro atoms. The lowest BCUT2D eigenvalue weighted by molar-refractivity contribution is 0.104. The summed E-state index contributed by atoms with van der Waals surface area (Å²) in [7, 11) is 1.55. The van der Waals surface area contributed by atoms with Crippen LogP contribution in [0.4, 0.5) is 4.39 Å². The van der Waals surface area contributed by atoms with Gasteiger partial charge in [0.25, 0.3) is 0 Å². The highest BCUT2D eigenvalue weighted by Gasteiger charge is 2.24. The fourth-order valence-electron chi connectivity index (χ4n) is 2.16. The van der Waals surface area contributed by atoms with Crippen LogP contribution in [0, 0.1) is 5.82 Å². The van der Waals surface area contributed by atoms with Gasteiger partial charge in [-0.2, -0.15) is 0 Å². The van der Waals surface area contributed by atoms with Crippen molar-refractivity contribution in [3.63, 3.8) is 0 Å². The number of hydrogen-bond acceptors (Lipinski definition) is 3. The van der Waals surface area contributed by atoms with Gasteiger partial charge in [-0.15, -0.1) is 0 Å². The topological polar surface area (TPSA) is 26.3 Å². The highest BCUT2D eigenvalue weighted by atomic mass is 35.5. The van der Waals surface area contributed by atoms with Crippen molar-refractivity contribution in [1.82, 2.24) is 0 Å². The molecule has 0 fully saturated rings. The van der Waals surface area contributed by atoms with E-state index >= 15 is 0 Å². The number of ether oxygens (including phenoxy) is 1. The van der Waals surface area contributed by atoms with E-state index in [0.29, 0.717) is 27.7 Å². The van der Waals surface area contributed by atoms with Gasteiger partial charge in [-0.3, -0.25) is 4.79 Å². The Morgan fingerprint density at radius 1 is 1.35 bits per heavy atom. The number of hydrogen-bond donors (Lipinski definition) is 0. The van der Waals surface area contributed by atoms with Crippen LogP contribution in [0.3, 0.4) is 0 Å². The lowest BCUT2D eigenvalue weighted by Crippen LogP contribution is -2.00. The molecule has 20 heavy (non-hydrogen) atoms. The first-order chi connectivity index (χ1) is 9.58. The van der Waals surface area contributed by atoms with Crippen molar-refractivity contribution in [3.8, 4) is 0 Å². The normalized spacial score (nSPS) is 17.9. The number of methoxy groups -OCH3 is 1. The summed E-state index contributed by atoms with van der Waals surface area (Å²) in [5, 5.41) is 0.563. The zero-order chi connectivity index (χ0) is 14.3. The lowest BCUT2D eigenvalue weighted by Gasteiger charge is -2.17. The van der Waals surface area contributed by atoms with Gasteiger partial charge in [0.05, 0.1) is 12.1 Å². The summed E-state index contributed by atoms with van der Waals surface area (Å²) in [5.41, 5.74) is 1.34. The third kappa shape index (κ3) is 2.30. The number of carbonyl (C=O) groups is 1. The molecular weight excluding hydrogens is 299 g/mol. The van der Waals surface area contributed by atoms with E-state index in [1.165, 1.54) is 30.0 Å². The fraction of sp³-hybridized carbons (Fsp3) is 0.133. The predicted octanol–water partition coefficient (Wildman–Crippen LogP) is 4.42. The van der Waals surface area contributed by atoms with Gasteiger partial charge < -0.3 is 4.74 Å². The Balaban J connectivity index is 2.12. The molecule has 2 aliphatic rings. The summed E-state index contributed by atoms with van der Waals surface area (Å²) < 4.78 is 18.6. The SMILES string of the molecule is COC1=C(Cl)CC2=CC(=O)c3ccc(F)cc3SC2=C1. The van der Waals surface area contributed by atoms with E-state index in [0.717, 1.165) is 10.5 Å². The minimum atomic E-state index is -0.357. The number of fused-ring (bicyclic) bond motifs is 2. The molecule has 1 aliphatic heterocycles. The van der Waals surface area contributed by atoms with Crippen LogP contribution in [-0.4, -0.2) is 12.9 Å². The maximum absolute atomic E-state index is 13.4. The average Bonchev–Trinajstić information content (AvgIpc) is 2.53. The predicted molar refractivity (Wildman–Crippen MR) is 77.3 cm³/mol. The summed E-state index contributed by atoms with van der Waals surface area (Å²) in [6, 6.07) is 4.19. The maximum atomic E-state index is 13.4. The van der Waals surface area contributed by atoms with Crippen molar-refractivity contribution in [1.29, 1.82) is 0 Å². The van der Waals surface area contributed by atoms with Gasteiger partial charge in [0.2, 0.25) is 0 Å². The second-order valence-corrected chi connectivity index (χ2v) is 5.98. The minimum absolute atomic E-state index is 0.128. The fourth-order valence-corrected chi connectivity index (χ4v) is 3.55. The molecule has 0 N–H and O–H groups in total. The van der Waals surface area contributed by atoms with Gasteiger partial charge in [-0.1, -0.05) is 23.4 Å². The molecular formula is C15H10ClFO2S. The number of ketones is 1. The Morgan fingerprint density at radius 3 is 2.90 bits per heavy atom. The van der Waals surface area contributed by atoms with Crippen LogP contribution in [0.1, 0.15) is 16.8 Å². The van der Waals surface area contributed by atoms with E-state index in [9.17, 15) is 9.18 Å². The van der Waals surface area contributed by atoms with E-state index in [2.05, 4.69) is 0 Å². The quantitative estimate of drug-likeness (QED) is 0.768. The molecule has 1 aromatic rings. The van der Waals surface area contributed by atoms with Crippen LogP contribution in [0.2, 0.25) is 0 Å². The molecule has 102 valence electrons. The first kappa shape index (κ1) is 13.5. The molecule has 1 aromatic carbocycles. The summed E-state index contributed by atoms with van der Waals surface area (Å²) in [6.07, 6.45) is 3.80. The highest BCUT2D eigenvalue weighted by Crippen LogP contribution is 2.43. The molecule has 1 aliphatic carbocycles. The maximum Gasteiger partial charge on any atom is 0.187 e. The number of rotatable bonds is 1. The lowest BCUT2D eigenvalue weighted by atomic mass is 10.0. The zero-order valence-electron chi connectivity index (χ0n) is 10.6. The van der Waals surface area contributed by atoms with Gasteiger partial charge in [0, 0.05) is 21.8 Å². The van der Waals surface area contributed by atoms with Crippen molar-refractivity contribution in [2.75, 3.05) is 7.11 Å². The average molecular weight is 309 g/mol. The van der Waals surface area contributed by atoms with Crippen LogP contribution < -0.4 is 0 Å². The second kappa shape index (κ2) is 5.11. The number of thioether (sulfide) groups is 1. The number of halogens is 2. The van der Waals surface area contributed by atoms with Gasteiger partial charge >= 0.3 is 0 Å². The molecule has 0 aromatic heterocycles. The van der Waals surface area contributed by atoms with E-state index in [1.54, 1.807) is 19.3 Å². The van der Waals surface area contributed by atoms with Crippen LogP contribution in [-0.2, 0) is 4.74 Å². The van der Waals surface area contributed by atoms with Gasteiger partial charge in [-0.25, -0.2) is 4.39 Å². The van der Waals surface area contributed by atoms with E-state index in [4.69, 9.17) is 16.3 Å². The molecule has 1 heterocycles. The van der Waals surface area contributed by atoms with Gasteiger partial charge in [-0.05, 0) is 35.9 Å². The van der Waals surface area contributed by atoms with Crippen LogP contribution in [0.15, 0.2) is 56.5 Å². The van der Waals surface area contributed by atoms with Crippen LogP contribution in [0.25, 0.3) is 0 Å². The molecule has 0 atom stereocenters. The van der Waals surface area contributed by atoms with Gasteiger partial charge in [0.1, 0.15) is 11.6 Å². The van der Waals surface area contributed by atoms with E-state index in [1.807, 2.05) is 0 Å². The van der Waals surface area contributed by atoms with Crippen molar-refractivity contribution in [2.24, 2.45) is 0 Å². The van der Waals surface area contributed by atoms with Crippen molar-refractivity contribution in [3.05, 3.63) is 63.0 Å². The van der Waals surface area contributed by atoms with E-state index < -0.39 is 0 Å². The number of benzene rings is 1. The molecule has 0 bridgehead atoms. The highest BCUT2D eigenvalue weighted by molar-refractivity contribution is 8.03. The number of allylic oxidation sites excluding steroid dienone is 4. The first-order valence-electron chi connectivity index (χ1n) is 5.95. The molecule has 2 nitrogen and oxygen atoms in total. The Morgan fingerprint density at radius 2 is 2.15 bits per heavy atom. The van der Waals surface area contributed by atoms with Crippen LogP contribution >= 0.6 is 23.4 Å². The zero-order valence-corrected chi connectivity index (χ0v) is 12.1. The largest absolute Gasteiger partial charge is 0.495 e. The molecule has 0 radical (unpaired) electrons. The Bertz CT molecular complexity index is 704. The molecule has 5 heteroatoms. The van der Waals surface area contributed by atoms with E-state index in [-0.39, 0.29) is 11.6 Å². The molecule has 0 saturated carbocycles. The second-order valence-electron chi connectivity index (χ2n) is 4.44. The summed E-state index contributed by atoms with van der Waals surface area (Å²) in [4.78, 5) is 13.7. The summed E-state index contributed by atoms with van der Waals surface area (Å²) in [6.45, 7) is 0. The summed E-state index contributed by atoms with van der Waals surface area (Å²) >= 11 is 7.49.